The summed E-state index contributed by atoms with van der Waals surface area (Å²) in [7, 11) is 0. The molecule has 5 heteroatoms. The standard InChI is InChI=1S/C15H17NO4/c17-14-9-12-13(20-14)7-4-8-16(12)15(18)19-10-11-5-2-1-3-6-11/h1-3,5-6,12-13H,4,7-10H2/t12-,13+/m1/s1. The molecular formula is C15H17NO4. The van der Waals surface area contributed by atoms with Crippen molar-refractivity contribution in [3.63, 3.8) is 0 Å². The maximum absolute atomic E-state index is 12.2. The molecule has 0 unspecified atom stereocenters. The van der Waals surface area contributed by atoms with E-state index in [4.69, 9.17) is 9.47 Å². The summed E-state index contributed by atoms with van der Waals surface area (Å²) in [5.41, 5.74) is 0.952. The van der Waals surface area contributed by atoms with Gasteiger partial charge in [-0.15, -0.1) is 0 Å². The van der Waals surface area contributed by atoms with Gasteiger partial charge in [0.15, 0.2) is 0 Å². The second-order valence-electron chi connectivity index (χ2n) is 5.18. The van der Waals surface area contributed by atoms with Gasteiger partial charge in [-0.25, -0.2) is 4.79 Å². The van der Waals surface area contributed by atoms with Crippen LogP contribution in [0.15, 0.2) is 30.3 Å². The molecule has 1 amide bonds. The molecule has 2 fully saturated rings. The van der Waals surface area contributed by atoms with E-state index in [1.165, 1.54) is 0 Å². The van der Waals surface area contributed by atoms with E-state index >= 15 is 0 Å². The van der Waals surface area contributed by atoms with Gasteiger partial charge in [0.2, 0.25) is 0 Å². The average molecular weight is 275 g/mol. The number of nitrogens with zero attached hydrogens (tertiary/aromatic N) is 1. The van der Waals surface area contributed by atoms with Crippen LogP contribution in [0.2, 0.25) is 0 Å². The van der Waals surface area contributed by atoms with Gasteiger partial charge in [-0.05, 0) is 18.4 Å². The first-order valence-corrected chi connectivity index (χ1v) is 6.91. The summed E-state index contributed by atoms with van der Waals surface area (Å²) in [6.07, 6.45) is 1.45. The highest BCUT2D eigenvalue weighted by Gasteiger charge is 2.43. The minimum absolute atomic E-state index is 0.152. The quantitative estimate of drug-likeness (QED) is 0.776. The summed E-state index contributed by atoms with van der Waals surface area (Å²) in [6.45, 7) is 0.883. The van der Waals surface area contributed by atoms with Crippen molar-refractivity contribution < 1.29 is 19.1 Å². The summed E-state index contributed by atoms with van der Waals surface area (Å²) in [4.78, 5) is 25.2. The van der Waals surface area contributed by atoms with E-state index in [0.717, 1.165) is 18.4 Å². The highest BCUT2D eigenvalue weighted by Crippen LogP contribution is 2.29. The number of ether oxygens (including phenoxy) is 2. The number of hydrogen-bond acceptors (Lipinski definition) is 4. The number of carbonyl (C=O) groups is 2. The van der Waals surface area contributed by atoms with E-state index < -0.39 is 0 Å². The molecule has 3 rings (SSSR count). The molecule has 0 spiro atoms. The lowest BCUT2D eigenvalue weighted by molar-refractivity contribution is -0.142. The second kappa shape index (κ2) is 5.53. The molecule has 5 nitrogen and oxygen atoms in total. The Balaban J connectivity index is 1.60. The van der Waals surface area contributed by atoms with Crippen LogP contribution in [-0.4, -0.2) is 35.7 Å². The Hall–Kier alpha value is -2.04. The first-order chi connectivity index (χ1) is 9.74. The van der Waals surface area contributed by atoms with Crippen molar-refractivity contribution in [1.82, 2.24) is 4.90 Å². The zero-order chi connectivity index (χ0) is 13.9. The maximum atomic E-state index is 12.2. The fourth-order valence-corrected chi connectivity index (χ4v) is 2.82. The molecule has 2 saturated heterocycles. The molecule has 2 aliphatic heterocycles. The van der Waals surface area contributed by atoms with Crippen molar-refractivity contribution in [2.24, 2.45) is 0 Å². The predicted molar refractivity (Wildman–Crippen MR) is 70.9 cm³/mol. The van der Waals surface area contributed by atoms with Crippen LogP contribution in [0, 0.1) is 0 Å². The third-order valence-corrected chi connectivity index (χ3v) is 3.82. The van der Waals surface area contributed by atoms with Gasteiger partial charge in [-0.3, -0.25) is 4.79 Å². The van der Waals surface area contributed by atoms with Crippen molar-refractivity contribution in [2.75, 3.05) is 6.54 Å². The maximum Gasteiger partial charge on any atom is 0.410 e. The van der Waals surface area contributed by atoms with Crippen LogP contribution >= 0.6 is 0 Å². The summed E-state index contributed by atoms with van der Waals surface area (Å²) in [5.74, 6) is -0.220. The Bertz CT molecular complexity index is 502. The molecule has 1 aromatic rings. The molecule has 1 aromatic carbocycles. The Kier molecular flexibility index (Phi) is 3.58. The molecule has 0 bridgehead atoms. The van der Waals surface area contributed by atoms with E-state index in [-0.39, 0.29) is 37.2 Å². The first kappa shape index (κ1) is 13.0. The van der Waals surface area contributed by atoms with Crippen LogP contribution in [0.5, 0.6) is 0 Å². The minimum atomic E-state index is -0.359. The van der Waals surface area contributed by atoms with Gasteiger partial charge in [0, 0.05) is 6.54 Å². The molecule has 0 aliphatic carbocycles. The van der Waals surface area contributed by atoms with Gasteiger partial charge in [0.05, 0.1) is 12.5 Å². The number of likely N-dealkylation sites (tertiary alicyclic amines) is 1. The minimum Gasteiger partial charge on any atom is -0.460 e. The van der Waals surface area contributed by atoms with Gasteiger partial charge in [0.1, 0.15) is 12.7 Å². The average Bonchev–Trinajstić information content (AvgIpc) is 2.85. The monoisotopic (exact) mass is 275 g/mol. The smallest absolute Gasteiger partial charge is 0.410 e. The van der Waals surface area contributed by atoms with Gasteiger partial charge < -0.3 is 14.4 Å². The van der Waals surface area contributed by atoms with Crippen molar-refractivity contribution >= 4 is 12.1 Å². The van der Waals surface area contributed by atoms with Crippen LogP contribution in [0.1, 0.15) is 24.8 Å². The topological polar surface area (TPSA) is 55.8 Å². The molecule has 2 aliphatic rings. The first-order valence-electron chi connectivity index (χ1n) is 6.91. The second-order valence-corrected chi connectivity index (χ2v) is 5.18. The van der Waals surface area contributed by atoms with Crippen LogP contribution in [0.4, 0.5) is 4.79 Å². The number of amides is 1. The Morgan fingerprint density at radius 2 is 2.15 bits per heavy atom. The van der Waals surface area contributed by atoms with Crippen LogP contribution in [-0.2, 0) is 20.9 Å². The highest BCUT2D eigenvalue weighted by molar-refractivity contribution is 5.75. The van der Waals surface area contributed by atoms with E-state index in [1.54, 1.807) is 4.90 Å². The third-order valence-electron chi connectivity index (χ3n) is 3.82. The highest BCUT2D eigenvalue weighted by atomic mass is 16.6. The number of rotatable bonds is 2. The molecule has 106 valence electrons. The third kappa shape index (κ3) is 2.61. The fraction of sp³-hybridized carbons (Fsp3) is 0.467. The number of esters is 1. The molecular weight excluding hydrogens is 258 g/mol. The lowest BCUT2D eigenvalue weighted by Crippen LogP contribution is -2.48. The van der Waals surface area contributed by atoms with Gasteiger partial charge >= 0.3 is 12.1 Å². The molecule has 20 heavy (non-hydrogen) atoms. The van der Waals surface area contributed by atoms with Gasteiger partial charge in [-0.2, -0.15) is 0 Å². The molecule has 0 radical (unpaired) electrons. The molecule has 2 heterocycles. The lowest BCUT2D eigenvalue weighted by Gasteiger charge is -2.34. The summed E-state index contributed by atoms with van der Waals surface area (Å²) < 4.78 is 10.6. The van der Waals surface area contributed by atoms with E-state index in [1.807, 2.05) is 30.3 Å². The van der Waals surface area contributed by atoms with Crippen LogP contribution in [0.25, 0.3) is 0 Å². The number of fused-ring (bicyclic) bond motifs is 1. The van der Waals surface area contributed by atoms with Crippen LogP contribution in [0.3, 0.4) is 0 Å². The van der Waals surface area contributed by atoms with Gasteiger partial charge in [0.25, 0.3) is 0 Å². The van der Waals surface area contributed by atoms with Crippen molar-refractivity contribution in [3.05, 3.63) is 35.9 Å². The zero-order valence-electron chi connectivity index (χ0n) is 11.2. The number of piperidine rings is 1. The molecule has 0 N–H and O–H groups in total. The lowest BCUT2D eigenvalue weighted by atomic mass is 9.99. The molecule has 0 saturated carbocycles. The van der Waals surface area contributed by atoms with Crippen molar-refractivity contribution in [1.29, 1.82) is 0 Å². The number of carbonyl (C=O) groups excluding carboxylic acids is 2. The summed E-state index contributed by atoms with van der Waals surface area (Å²) in [6, 6.07) is 9.40. The van der Waals surface area contributed by atoms with Crippen LogP contribution < -0.4 is 0 Å². The SMILES string of the molecule is O=C1C[C@@H]2[C@H](CCCN2C(=O)OCc2ccccc2)O1. The Labute approximate surface area is 117 Å². The van der Waals surface area contributed by atoms with Gasteiger partial charge in [-0.1, -0.05) is 30.3 Å². The van der Waals surface area contributed by atoms with Crippen molar-refractivity contribution in [2.45, 2.75) is 38.0 Å². The number of benzene rings is 1. The predicted octanol–water partition coefficient (Wildman–Crippen LogP) is 2.10. The van der Waals surface area contributed by atoms with E-state index in [9.17, 15) is 9.59 Å². The Morgan fingerprint density at radius 3 is 2.95 bits per heavy atom. The normalized spacial score (nSPS) is 25.0. The summed E-state index contributed by atoms with van der Waals surface area (Å²) >= 11 is 0. The van der Waals surface area contributed by atoms with E-state index in [2.05, 4.69) is 0 Å². The zero-order valence-corrected chi connectivity index (χ0v) is 11.2. The largest absolute Gasteiger partial charge is 0.460 e. The van der Waals surface area contributed by atoms with E-state index in [0.29, 0.717) is 6.54 Å². The molecule has 2 atom stereocenters. The molecule has 0 aromatic heterocycles. The fourth-order valence-electron chi connectivity index (χ4n) is 2.82. The van der Waals surface area contributed by atoms with Crippen molar-refractivity contribution in [3.8, 4) is 0 Å². The summed E-state index contributed by atoms with van der Waals surface area (Å²) in [5, 5.41) is 0. The number of hydrogen-bond donors (Lipinski definition) is 0. The Morgan fingerprint density at radius 1 is 1.35 bits per heavy atom.